The van der Waals surface area contributed by atoms with Crippen LogP contribution >= 0.6 is 23.1 Å². The zero-order chi connectivity index (χ0) is 17.1. The van der Waals surface area contributed by atoms with Crippen molar-refractivity contribution >= 4 is 45.0 Å². The summed E-state index contributed by atoms with van der Waals surface area (Å²) in [5.74, 6) is 1.82. The second-order valence-corrected chi connectivity index (χ2v) is 7.92. The highest BCUT2D eigenvalue weighted by atomic mass is 32.2. The van der Waals surface area contributed by atoms with Crippen LogP contribution in [0.15, 0.2) is 28.6 Å². The summed E-state index contributed by atoms with van der Waals surface area (Å²) in [5, 5.41) is 13.4. The van der Waals surface area contributed by atoms with Gasteiger partial charge in [0.25, 0.3) is 0 Å². The number of ether oxygens (including phenoxy) is 1. The predicted molar refractivity (Wildman–Crippen MR) is 101 cm³/mol. The summed E-state index contributed by atoms with van der Waals surface area (Å²) in [7, 11) is 0. The van der Waals surface area contributed by atoms with E-state index in [0.717, 1.165) is 46.4 Å². The van der Waals surface area contributed by atoms with Gasteiger partial charge in [0, 0.05) is 18.5 Å². The molecule has 3 aromatic rings. The third kappa shape index (κ3) is 4.00. The minimum atomic E-state index is 0.286. The number of hydrogen-bond acceptors (Lipinski definition) is 9. The minimum Gasteiger partial charge on any atom is -0.383 e. The lowest BCUT2D eigenvalue weighted by atomic mass is 10.2. The predicted octanol–water partition coefficient (Wildman–Crippen LogP) is 2.95. The lowest BCUT2D eigenvalue weighted by Crippen LogP contribution is -2.18. The van der Waals surface area contributed by atoms with E-state index in [4.69, 9.17) is 10.5 Å². The number of rotatable bonds is 6. The molecule has 0 aliphatic carbocycles. The molecule has 0 radical (unpaired) electrons. The molecule has 1 aliphatic rings. The van der Waals surface area contributed by atoms with Crippen LogP contribution in [0.2, 0.25) is 0 Å². The van der Waals surface area contributed by atoms with Crippen LogP contribution in [0.3, 0.4) is 0 Å². The molecule has 0 spiro atoms. The Morgan fingerprint density at radius 2 is 2.20 bits per heavy atom. The first-order chi connectivity index (χ1) is 12.3. The molecule has 0 amide bonds. The smallest absolute Gasteiger partial charge is 0.206 e. The number of fused-ring (bicyclic) bond motifs is 1. The van der Waals surface area contributed by atoms with E-state index in [1.807, 2.05) is 24.3 Å². The first-order valence-corrected chi connectivity index (χ1v) is 9.91. The first kappa shape index (κ1) is 16.5. The lowest BCUT2D eigenvalue weighted by molar-refractivity contribution is 0.120. The number of aromatic nitrogens is 4. The molecular weight excluding hydrogens is 356 g/mol. The van der Waals surface area contributed by atoms with Gasteiger partial charge < -0.3 is 15.8 Å². The molecule has 1 fully saturated rings. The van der Waals surface area contributed by atoms with E-state index in [0.29, 0.717) is 17.4 Å². The number of nitrogen functional groups attached to an aromatic ring is 1. The Balaban J connectivity index is 1.36. The van der Waals surface area contributed by atoms with Gasteiger partial charge in [-0.1, -0.05) is 35.2 Å². The molecule has 1 atom stereocenters. The maximum absolute atomic E-state index is 6.02. The quantitative estimate of drug-likeness (QED) is 0.636. The third-order valence-electron chi connectivity index (χ3n) is 3.92. The van der Waals surface area contributed by atoms with Gasteiger partial charge in [-0.25, -0.2) is 9.97 Å². The number of anilines is 2. The second-order valence-electron chi connectivity index (χ2n) is 5.72. The van der Waals surface area contributed by atoms with Crippen molar-refractivity contribution in [2.24, 2.45) is 0 Å². The average Bonchev–Trinajstić information content (AvgIpc) is 3.30. The van der Waals surface area contributed by atoms with Gasteiger partial charge in [0.05, 0.1) is 17.4 Å². The Hall–Kier alpha value is -1.97. The fraction of sp³-hybridized carbons (Fsp3) is 0.375. The molecule has 1 aromatic carbocycles. The van der Waals surface area contributed by atoms with Crippen LogP contribution in [0.5, 0.6) is 0 Å². The Bertz CT molecular complexity index is 865. The zero-order valence-electron chi connectivity index (χ0n) is 13.5. The van der Waals surface area contributed by atoms with Gasteiger partial charge in [-0.15, -0.1) is 10.2 Å². The molecular formula is C16H18N6OS2. The van der Waals surface area contributed by atoms with E-state index in [2.05, 4.69) is 25.5 Å². The number of hydrogen-bond donors (Lipinski definition) is 2. The topological polar surface area (TPSA) is 98.8 Å². The third-order valence-corrected chi connectivity index (χ3v) is 5.93. The Morgan fingerprint density at radius 3 is 3.08 bits per heavy atom. The van der Waals surface area contributed by atoms with Gasteiger partial charge in [0.15, 0.2) is 4.34 Å². The molecule has 9 heteroatoms. The van der Waals surface area contributed by atoms with E-state index in [-0.39, 0.29) is 6.10 Å². The molecule has 0 unspecified atom stereocenters. The van der Waals surface area contributed by atoms with Gasteiger partial charge in [0.2, 0.25) is 5.13 Å². The van der Waals surface area contributed by atoms with Crippen LogP contribution in [-0.2, 0) is 10.5 Å². The fourth-order valence-electron chi connectivity index (χ4n) is 2.69. The van der Waals surface area contributed by atoms with Gasteiger partial charge >= 0.3 is 0 Å². The van der Waals surface area contributed by atoms with Crippen LogP contribution in [-0.4, -0.2) is 39.4 Å². The normalized spacial score (nSPS) is 17.2. The zero-order valence-corrected chi connectivity index (χ0v) is 15.1. The summed E-state index contributed by atoms with van der Waals surface area (Å²) in [6.45, 7) is 1.64. The molecule has 3 N–H and O–H groups in total. The van der Waals surface area contributed by atoms with Gasteiger partial charge in [-0.2, -0.15) is 0 Å². The number of nitrogens with two attached hydrogens (primary N) is 1. The maximum atomic E-state index is 6.02. The molecule has 130 valence electrons. The minimum absolute atomic E-state index is 0.286. The van der Waals surface area contributed by atoms with E-state index in [1.165, 1.54) is 11.3 Å². The van der Waals surface area contributed by atoms with E-state index in [1.54, 1.807) is 11.8 Å². The van der Waals surface area contributed by atoms with E-state index in [9.17, 15) is 0 Å². The summed E-state index contributed by atoms with van der Waals surface area (Å²) >= 11 is 3.09. The SMILES string of the molecule is Nc1nc(CSc2nnc(NC[C@@H]3CCCO3)s2)nc2ccccc12. The van der Waals surface area contributed by atoms with Crippen LogP contribution < -0.4 is 11.1 Å². The highest BCUT2D eigenvalue weighted by Gasteiger charge is 2.16. The highest BCUT2D eigenvalue weighted by Crippen LogP contribution is 2.28. The molecule has 4 rings (SSSR count). The van der Waals surface area contributed by atoms with Gasteiger partial charge in [0.1, 0.15) is 11.6 Å². The van der Waals surface area contributed by atoms with Crippen molar-refractivity contribution in [3.63, 3.8) is 0 Å². The van der Waals surface area contributed by atoms with Crippen LogP contribution in [0.25, 0.3) is 10.9 Å². The number of thioether (sulfide) groups is 1. The first-order valence-electron chi connectivity index (χ1n) is 8.11. The average molecular weight is 374 g/mol. The summed E-state index contributed by atoms with van der Waals surface area (Å²) < 4.78 is 6.47. The van der Waals surface area contributed by atoms with E-state index >= 15 is 0 Å². The fourth-order valence-corrected chi connectivity index (χ4v) is 4.30. The van der Waals surface area contributed by atoms with Crippen molar-refractivity contribution in [2.75, 3.05) is 24.2 Å². The van der Waals surface area contributed by atoms with Crippen molar-refractivity contribution in [2.45, 2.75) is 29.0 Å². The number of para-hydroxylation sites is 1. The van der Waals surface area contributed by atoms with Crippen LogP contribution in [0, 0.1) is 0 Å². The monoisotopic (exact) mass is 374 g/mol. The molecule has 1 aliphatic heterocycles. The Kier molecular flexibility index (Phi) is 4.95. The maximum Gasteiger partial charge on any atom is 0.206 e. The standard InChI is InChI=1S/C16H18N6OS2/c17-14-11-5-1-2-6-12(11)19-13(20-14)9-24-16-22-21-15(25-16)18-8-10-4-3-7-23-10/h1-2,5-6,10H,3-4,7-9H2,(H,18,21)(H2,17,19,20)/t10-/m0/s1. The molecule has 25 heavy (non-hydrogen) atoms. The van der Waals surface area contributed by atoms with Gasteiger partial charge in [-0.3, -0.25) is 0 Å². The van der Waals surface area contributed by atoms with Crippen molar-refractivity contribution in [1.82, 2.24) is 20.2 Å². The van der Waals surface area contributed by atoms with Gasteiger partial charge in [-0.05, 0) is 25.0 Å². The summed E-state index contributed by atoms with van der Waals surface area (Å²) in [4.78, 5) is 8.94. The summed E-state index contributed by atoms with van der Waals surface area (Å²) in [6.07, 6.45) is 2.53. The summed E-state index contributed by atoms with van der Waals surface area (Å²) in [6, 6.07) is 7.75. The largest absolute Gasteiger partial charge is 0.383 e. The Labute approximate surface area is 153 Å². The molecule has 3 heterocycles. The van der Waals surface area contributed by atoms with Crippen LogP contribution in [0.4, 0.5) is 10.9 Å². The molecule has 1 saturated heterocycles. The number of nitrogens with zero attached hydrogens (tertiary/aromatic N) is 4. The van der Waals surface area contributed by atoms with Crippen molar-refractivity contribution in [3.8, 4) is 0 Å². The highest BCUT2D eigenvalue weighted by molar-refractivity contribution is 8.00. The van der Waals surface area contributed by atoms with E-state index < -0.39 is 0 Å². The number of benzene rings is 1. The molecule has 0 bridgehead atoms. The van der Waals surface area contributed by atoms with Crippen molar-refractivity contribution < 1.29 is 4.74 Å². The molecule has 0 saturated carbocycles. The van der Waals surface area contributed by atoms with Crippen molar-refractivity contribution in [1.29, 1.82) is 0 Å². The molecule has 2 aromatic heterocycles. The van der Waals surface area contributed by atoms with Crippen molar-refractivity contribution in [3.05, 3.63) is 30.1 Å². The molecule has 7 nitrogen and oxygen atoms in total. The summed E-state index contributed by atoms with van der Waals surface area (Å²) in [5.41, 5.74) is 6.88. The second kappa shape index (κ2) is 7.51. The Morgan fingerprint density at radius 1 is 1.28 bits per heavy atom. The number of nitrogens with one attached hydrogen (secondary N) is 1. The van der Waals surface area contributed by atoms with Crippen LogP contribution in [0.1, 0.15) is 18.7 Å². The lowest BCUT2D eigenvalue weighted by Gasteiger charge is -2.08.